The molecule has 1 aromatic rings. The van der Waals surface area contributed by atoms with Crippen LogP contribution in [0.15, 0.2) is 24.3 Å². The zero-order valence-electron chi connectivity index (χ0n) is 10.6. The van der Waals surface area contributed by atoms with Gasteiger partial charge in [0.15, 0.2) is 0 Å². The zero-order valence-corrected chi connectivity index (χ0v) is 11.5. The lowest BCUT2D eigenvalue weighted by molar-refractivity contribution is 0.0395. The standard InChI is InChI=1S/C14H21FOS/c1-3-14(4-2,11-17)10-16-9-12-7-5-6-8-13(12)15/h5-8,17H,3-4,9-11H2,1-2H3. The van der Waals surface area contributed by atoms with Gasteiger partial charge in [-0.1, -0.05) is 32.0 Å². The van der Waals surface area contributed by atoms with Gasteiger partial charge in [-0.3, -0.25) is 0 Å². The van der Waals surface area contributed by atoms with E-state index < -0.39 is 0 Å². The molecule has 0 bridgehead atoms. The molecule has 0 spiro atoms. The Kier molecular flexibility index (Phi) is 6.00. The molecule has 0 aliphatic carbocycles. The molecule has 1 aromatic carbocycles. The van der Waals surface area contributed by atoms with Crippen LogP contribution in [0.4, 0.5) is 4.39 Å². The maximum atomic E-state index is 13.4. The molecule has 0 atom stereocenters. The van der Waals surface area contributed by atoms with E-state index in [1.807, 2.05) is 6.07 Å². The van der Waals surface area contributed by atoms with Gasteiger partial charge in [0, 0.05) is 11.0 Å². The molecule has 0 aliphatic heterocycles. The van der Waals surface area contributed by atoms with Crippen molar-refractivity contribution in [1.82, 2.24) is 0 Å². The smallest absolute Gasteiger partial charge is 0.128 e. The first kappa shape index (κ1) is 14.5. The Morgan fingerprint density at radius 1 is 1.24 bits per heavy atom. The lowest BCUT2D eigenvalue weighted by atomic mass is 9.85. The summed E-state index contributed by atoms with van der Waals surface area (Å²) >= 11 is 4.39. The number of rotatable bonds is 7. The number of hydrogen-bond donors (Lipinski definition) is 1. The van der Waals surface area contributed by atoms with E-state index in [1.165, 1.54) is 6.07 Å². The Morgan fingerprint density at radius 2 is 1.88 bits per heavy atom. The molecular weight excluding hydrogens is 235 g/mol. The molecule has 0 radical (unpaired) electrons. The average Bonchev–Trinajstić information content (AvgIpc) is 2.37. The molecule has 0 aromatic heterocycles. The van der Waals surface area contributed by atoms with Crippen molar-refractivity contribution in [2.75, 3.05) is 12.4 Å². The SMILES string of the molecule is CCC(CC)(CS)COCc1ccccc1F. The lowest BCUT2D eigenvalue weighted by Crippen LogP contribution is -2.27. The summed E-state index contributed by atoms with van der Waals surface area (Å²) in [6, 6.07) is 6.74. The van der Waals surface area contributed by atoms with Crippen LogP contribution >= 0.6 is 12.6 Å². The number of hydrogen-bond acceptors (Lipinski definition) is 2. The first-order valence-electron chi connectivity index (χ1n) is 6.09. The quantitative estimate of drug-likeness (QED) is 0.723. The van der Waals surface area contributed by atoms with Crippen LogP contribution < -0.4 is 0 Å². The average molecular weight is 256 g/mol. The van der Waals surface area contributed by atoms with E-state index in [0.29, 0.717) is 18.8 Å². The summed E-state index contributed by atoms with van der Waals surface area (Å²) in [6.07, 6.45) is 2.06. The third-order valence-electron chi connectivity index (χ3n) is 3.46. The second-order valence-corrected chi connectivity index (χ2v) is 4.77. The van der Waals surface area contributed by atoms with Gasteiger partial charge in [0.2, 0.25) is 0 Å². The normalized spacial score (nSPS) is 11.8. The molecule has 0 N–H and O–H groups in total. The number of thiol groups is 1. The van der Waals surface area contributed by atoms with E-state index in [-0.39, 0.29) is 11.2 Å². The van der Waals surface area contributed by atoms with E-state index in [9.17, 15) is 4.39 Å². The molecule has 1 nitrogen and oxygen atoms in total. The van der Waals surface area contributed by atoms with Crippen molar-refractivity contribution in [1.29, 1.82) is 0 Å². The number of benzene rings is 1. The largest absolute Gasteiger partial charge is 0.376 e. The Hall–Kier alpha value is -0.540. The van der Waals surface area contributed by atoms with Crippen LogP contribution in [0.5, 0.6) is 0 Å². The van der Waals surface area contributed by atoms with Gasteiger partial charge in [-0.05, 0) is 24.7 Å². The predicted octanol–water partition coefficient (Wildman–Crippen LogP) is 4.08. The Morgan fingerprint density at radius 3 is 2.41 bits per heavy atom. The topological polar surface area (TPSA) is 9.23 Å². The summed E-state index contributed by atoms with van der Waals surface area (Å²) in [4.78, 5) is 0. The number of halogens is 1. The third-order valence-corrected chi connectivity index (χ3v) is 4.13. The van der Waals surface area contributed by atoms with Crippen LogP contribution in [-0.4, -0.2) is 12.4 Å². The van der Waals surface area contributed by atoms with E-state index >= 15 is 0 Å². The van der Waals surface area contributed by atoms with Crippen molar-refractivity contribution < 1.29 is 9.13 Å². The second-order valence-electron chi connectivity index (χ2n) is 4.45. The van der Waals surface area contributed by atoms with Crippen LogP contribution in [0.3, 0.4) is 0 Å². The minimum atomic E-state index is -0.197. The van der Waals surface area contributed by atoms with Crippen molar-refractivity contribution in [3.8, 4) is 0 Å². The van der Waals surface area contributed by atoms with Gasteiger partial charge in [0.25, 0.3) is 0 Å². The van der Waals surface area contributed by atoms with Crippen molar-refractivity contribution in [3.63, 3.8) is 0 Å². The number of ether oxygens (including phenoxy) is 1. The monoisotopic (exact) mass is 256 g/mol. The highest BCUT2D eigenvalue weighted by molar-refractivity contribution is 7.80. The summed E-state index contributed by atoms with van der Waals surface area (Å²) in [5, 5.41) is 0. The fraction of sp³-hybridized carbons (Fsp3) is 0.571. The molecule has 96 valence electrons. The molecule has 17 heavy (non-hydrogen) atoms. The summed E-state index contributed by atoms with van der Waals surface area (Å²) in [5.74, 6) is 0.606. The fourth-order valence-corrected chi connectivity index (χ4v) is 2.25. The van der Waals surface area contributed by atoms with Crippen LogP contribution in [0.25, 0.3) is 0 Å². The maximum Gasteiger partial charge on any atom is 0.128 e. The van der Waals surface area contributed by atoms with Gasteiger partial charge < -0.3 is 4.74 Å². The molecule has 0 saturated heterocycles. The molecule has 3 heteroatoms. The first-order chi connectivity index (χ1) is 8.17. The summed E-state index contributed by atoms with van der Waals surface area (Å²) < 4.78 is 19.0. The molecule has 0 saturated carbocycles. The van der Waals surface area contributed by atoms with E-state index in [1.54, 1.807) is 12.1 Å². The van der Waals surface area contributed by atoms with Crippen molar-refractivity contribution in [2.45, 2.75) is 33.3 Å². The van der Waals surface area contributed by atoms with E-state index in [2.05, 4.69) is 26.5 Å². The molecule has 0 amide bonds. The van der Waals surface area contributed by atoms with E-state index in [4.69, 9.17) is 4.74 Å². The Bertz CT molecular complexity index is 328. The van der Waals surface area contributed by atoms with Crippen LogP contribution in [0.1, 0.15) is 32.3 Å². The third kappa shape index (κ3) is 4.00. The highest BCUT2D eigenvalue weighted by atomic mass is 32.1. The zero-order chi connectivity index (χ0) is 12.7. The Balaban J connectivity index is 2.49. The van der Waals surface area contributed by atoms with Gasteiger partial charge in [0.1, 0.15) is 5.82 Å². The van der Waals surface area contributed by atoms with Crippen LogP contribution in [-0.2, 0) is 11.3 Å². The van der Waals surface area contributed by atoms with Crippen molar-refractivity contribution in [2.24, 2.45) is 5.41 Å². The van der Waals surface area contributed by atoms with Gasteiger partial charge >= 0.3 is 0 Å². The maximum absolute atomic E-state index is 13.4. The van der Waals surface area contributed by atoms with Crippen LogP contribution in [0.2, 0.25) is 0 Å². The molecular formula is C14H21FOS. The molecule has 0 heterocycles. The highest BCUT2D eigenvalue weighted by Crippen LogP contribution is 2.28. The molecule has 0 fully saturated rings. The summed E-state index contributed by atoms with van der Waals surface area (Å²) in [6.45, 7) is 5.26. The lowest BCUT2D eigenvalue weighted by Gasteiger charge is -2.29. The summed E-state index contributed by atoms with van der Waals surface area (Å²) in [5.41, 5.74) is 0.738. The molecule has 1 rings (SSSR count). The molecule has 0 aliphatic rings. The van der Waals surface area contributed by atoms with Crippen molar-refractivity contribution >= 4 is 12.6 Å². The van der Waals surface area contributed by atoms with Gasteiger partial charge in [-0.15, -0.1) is 0 Å². The first-order valence-corrected chi connectivity index (χ1v) is 6.72. The Labute approximate surface area is 109 Å². The van der Waals surface area contributed by atoms with Gasteiger partial charge in [0.05, 0.1) is 13.2 Å². The predicted molar refractivity (Wildman–Crippen MR) is 72.9 cm³/mol. The highest BCUT2D eigenvalue weighted by Gasteiger charge is 2.24. The minimum Gasteiger partial charge on any atom is -0.376 e. The van der Waals surface area contributed by atoms with Gasteiger partial charge in [-0.2, -0.15) is 12.6 Å². The van der Waals surface area contributed by atoms with Crippen LogP contribution in [0, 0.1) is 11.2 Å². The van der Waals surface area contributed by atoms with E-state index in [0.717, 1.165) is 18.6 Å². The van der Waals surface area contributed by atoms with Crippen molar-refractivity contribution in [3.05, 3.63) is 35.6 Å². The molecule has 0 unspecified atom stereocenters. The summed E-state index contributed by atoms with van der Waals surface area (Å²) in [7, 11) is 0. The van der Waals surface area contributed by atoms with Gasteiger partial charge in [-0.25, -0.2) is 4.39 Å². The minimum absolute atomic E-state index is 0.119. The second kappa shape index (κ2) is 7.02. The fourth-order valence-electron chi connectivity index (χ4n) is 1.72.